The largest absolute Gasteiger partial charge is 0.433 e. The molecule has 3 aromatic rings. The molecule has 3 aromatic heterocycles. The lowest BCUT2D eigenvalue weighted by Gasteiger charge is -2.10. The predicted octanol–water partition coefficient (Wildman–Crippen LogP) is 3.55. The first-order chi connectivity index (χ1) is 11.0. The molecular formula is C15H13F3N4S. The van der Waals surface area contributed by atoms with Gasteiger partial charge in [-0.2, -0.15) is 18.3 Å². The smallest absolute Gasteiger partial charge is 0.316 e. The molecule has 0 bridgehead atoms. The van der Waals surface area contributed by atoms with Crippen LogP contribution in [-0.2, 0) is 6.18 Å². The lowest BCUT2D eigenvalue weighted by Crippen LogP contribution is -2.14. The van der Waals surface area contributed by atoms with E-state index in [4.69, 9.17) is 0 Å². The summed E-state index contributed by atoms with van der Waals surface area (Å²) in [6, 6.07) is 6.31. The number of alkyl halides is 3. The lowest BCUT2D eigenvalue weighted by atomic mass is 10.1. The fourth-order valence-electron chi connectivity index (χ4n) is 2.85. The molecule has 1 fully saturated rings. The van der Waals surface area contributed by atoms with Crippen molar-refractivity contribution in [1.29, 1.82) is 0 Å². The Labute approximate surface area is 134 Å². The van der Waals surface area contributed by atoms with Crippen LogP contribution in [0.25, 0.3) is 16.2 Å². The molecular weight excluding hydrogens is 325 g/mol. The third-order valence-corrected chi connectivity index (χ3v) is 4.88. The molecule has 0 aromatic carbocycles. The number of thiophene rings is 1. The Morgan fingerprint density at radius 3 is 2.83 bits per heavy atom. The molecule has 8 heteroatoms. The average Bonchev–Trinajstić information content (AvgIpc) is 3.24. The van der Waals surface area contributed by atoms with Crippen molar-refractivity contribution >= 4 is 17.0 Å². The predicted molar refractivity (Wildman–Crippen MR) is 81.5 cm³/mol. The van der Waals surface area contributed by atoms with E-state index in [1.165, 1.54) is 11.3 Å². The van der Waals surface area contributed by atoms with E-state index in [1.807, 2.05) is 5.38 Å². The molecule has 0 spiro atoms. The zero-order valence-corrected chi connectivity index (χ0v) is 12.8. The molecule has 23 heavy (non-hydrogen) atoms. The second kappa shape index (κ2) is 5.31. The van der Waals surface area contributed by atoms with Crippen molar-refractivity contribution < 1.29 is 13.2 Å². The number of nitrogens with one attached hydrogen (secondary N) is 1. The Morgan fingerprint density at radius 1 is 1.30 bits per heavy atom. The molecule has 4 rings (SSSR count). The Balaban J connectivity index is 1.91. The maximum Gasteiger partial charge on any atom is 0.433 e. The molecule has 1 aliphatic heterocycles. The van der Waals surface area contributed by atoms with Crippen LogP contribution in [0, 0.1) is 0 Å². The normalized spacial score (nSPS) is 18.8. The molecule has 1 aliphatic rings. The van der Waals surface area contributed by atoms with E-state index in [-0.39, 0.29) is 11.6 Å². The monoisotopic (exact) mass is 338 g/mol. The SMILES string of the molecule is FC(F)(F)c1cc(-c2cccs2)nc2cc([C@@H]3CCNC3)nn12. The van der Waals surface area contributed by atoms with Crippen LogP contribution in [0.5, 0.6) is 0 Å². The summed E-state index contributed by atoms with van der Waals surface area (Å²) in [5.41, 5.74) is 0.445. The van der Waals surface area contributed by atoms with Gasteiger partial charge in [0.2, 0.25) is 0 Å². The summed E-state index contributed by atoms with van der Waals surface area (Å²) < 4.78 is 41.2. The molecule has 0 aliphatic carbocycles. The molecule has 4 nitrogen and oxygen atoms in total. The first-order valence-electron chi connectivity index (χ1n) is 7.25. The van der Waals surface area contributed by atoms with Crippen molar-refractivity contribution in [2.24, 2.45) is 0 Å². The third kappa shape index (κ3) is 2.61. The minimum Gasteiger partial charge on any atom is -0.316 e. The zero-order valence-electron chi connectivity index (χ0n) is 12.0. The Morgan fingerprint density at radius 2 is 2.17 bits per heavy atom. The van der Waals surface area contributed by atoms with Crippen molar-refractivity contribution in [2.45, 2.75) is 18.5 Å². The molecule has 1 N–H and O–H groups in total. The molecule has 0 unspecified atom stereocenters. The van der Waals surface area contributed by atoms with Crippen molar-refractivity contribution in [1.82, 2.24) is 19.9 Å². The van der Waals surface area contributed by atoms with E-state index in [0.29, 0.717) is 16.3 Å². The van der Waals surface area contributed by atoms with Gasteiger partial charge in [0.25, 0.3) is 0 Å². The van der Waals surface area contributed by atoms with Gasteiger partial charge in [-0.3, -0.25) is 0 Å². The highest BCUT2D eigenvalue weighted by Gasteiger charge is 2.36. The highest BCUT2D eigenvalue weighted by atomic mass is 32.1. The minimum absolute atomic E-state index is 0.142. The van der Waals surface area contributed by atoms with Gasteiger partial charge in [-0.1, -0.05) is 6.07 Å². The van der Waals surface area contributed by atoms with E-state index in [1.54, 1.807) is 18.2 Å². The van der Waals surface area contributed by atoms with E-state index in [2.05, 4.69) is 15.4 Å². The van der Waals surface area contributed by atoms with Gasteiger partial charge in [-0.05, 0) is 30.5 Å². The number of hydrogen-bond acceptors (Lipinski definition) is 4. The van der Waals surface area contributed by atoms with E-state index >= 15 is 0 Å². The Hall–Kier alpha value is -1.93. The summed E-state index contributed by atoms with van der Waals surface area (Å²) in [4.78, 5) is 5.09. The topological polar surface area (TPSA) is 42.2 Å². The number of rotatable bonds is 2. The molecule has 1 atom stereocenters. The zero-order chi connectivity index (χ0) is 16.0. The second-order valence-corrected chi connectivity index (χ2v) is 6.48. The summed E-state index contributed by atoms with van der Waals surface area (Å²) in [5.74, 6) is 0.142. The van der Waals surface area contributed by atoms with E-state index < -0.39 is 11.9 Å². The van der Waals surface area contributed by atoms with Crippen molar-refractivity contribution in [3.8, 4) is 10.6 Å². The first kappa shape index (κ1) is 14.6. The third-order valence-electron chi connectivity index (χ3n) is 3.99. The number of fused-ring (bicyclic) bond motifs is 1. The van der Waals surface area contributed by atoms with Crippen LogP contribution in [0.1, 0.15) is 23.7 Å². The maximum atomic E-state index is 13.4. The van der Waals surface area contributed by atoms with Crippen LogP contribution in [0.15, 0.2) is 29.6 Å². The summed E-state index contributed by atoms with van der Waals surface area (Å²) in [6.45, 7) is 1.60. The highest BCUT2D eigenvalue weighted by Crippen LogP contribution is 2.34. The van der Waals surface area contributed by atoms with Gasteiger partial charge in [0.1, 0.15) is 0 Å². The molecule has 0 radical (unpaired) electrons. The first-order valence-corrected chi connectivity index (χ1v) is 8.13. The summed E-state index contributed by atoms with van der Waals surface area (Å²) in [5, 5.41) is 9.20. The average molecular weight is 338 g/mol. The van der Waals surface area contributed by atoms with Gasteiger partial charge in [-0.15, -0.1) is 11.3 Å². The van der Waals surface area contributed by atoms with Gasteiger partial charge in [0.05, 0.1) is 16.3 Å². The molecule has 0 amide bonds. The Bertz CT molecular complexity index is 832. The fourth-order valence-corrected chi connectivity index (χ4v) is 3.54. The molecule has 4 heterocycles. The van der Waals surface area contributed by atoms with Gasteiger partial charge >= 0.3 is 6.18 Å². The quantitative estimate of drug-likeness (QED) is 0.777. The second-order valence-electron chi connectivity index (χ2n) is 5.53. The van der Waals surface area contributed by atoms with E-state index in [0.717, 1.165) is 30.1 Å². The standard InChI is InChI=1S/C15H13F3N4S/c16-15(17,18)13-6-11(12-2-1-5-23-12)20-14-7-10(21-22(13)14)9-3-4-19-8-9/h1-2,5-7,9,19H,3-4,8H2/t9-/m1/s1. The van der Waals surface area contributed by atoms with Crippen LogP contribution in [0.4, 0.5) is 13.2 Å². The van der Waals surface area contributed by atoms with Crippen molar-refractivity contribution in [3.05, 3.63) is 41.0 Å². The molecule has 1 saturated heterocycles. The summed E-state index contributed by atoms with van der Waals surface area (Å²) in [7, 11) is 0. The minimum atomic E-state index is -4.48. The van der Waals surface area contributed by atoms with Crippen LogP contribution in [0.2, 0.25) is 0 Å². The van der Waals surface area contributed by atoms with Gasteiger partial charge in [0.15, 0.2) is 11.3 Å². The van der Waals surface area contributed by atoms with E-state index in [9.17, 15) is 13.2 Å². The van der Waals surface area contributed by atoms with Crippen LogP contribution in [0.3, 0.4) is 0 Å². The fraction of sp³-hybridized carbons (Fsp3) is 0.333. The number of halogens is 3. The van der Waals surface area contributed by atoms with Crippen LogP contribution >= 0.6 is 11.3 Å². The summed E-state index contributed by atoms with van der Waals surface area (Å²) >= 11 is 1.37. The Kier molecular flexibility index (Phi) is 3.38. The van der Waals surface area contributed by atoms with Gasteiger partial charge in [-0.25, -0.2) is 9.50 Å². The number of hydrogen-bond donors (Lipinski definition) is 1. The van der Waals surface area contributed by atoms with Crippen molar-refractivity contribution in [2.75, 3.05) is 13.1 Å². The van der Waals surface area contributed by atoms with Crippen LogP contribution < -0.4 is 5.32 Å². The number of nitrogens with zero attached hydrogens (tertiary/aromatic N) is 3. The van der Waals surface area contributed by atoms with Crippen molar-refractivity contribution in [3.63, 3.8) is 0 Å². The van der Waals surface area contributed by atoms with Gasteiger partial charge in [0, 0.05) is 18.5 Å². The highest BCUT2D eigenvalue weighted by molar-refractivity contribution is 7.13. The number of aromatic nitrogens is 3. The summed E-state index contributed by atoms with van der Waals surface area (Å²) in [6.07, 6.45) is -3.60. The molecule has 0 saturated carbocycles. The molecule has 120 valence electrons. The van der Waals surface area contributed by atoms with Crippen LogP contribution in [-0.4, -0.2) is 27.7 Å². The maximum absolute atomic E-state index is 13.4. The van der Waals surface area contributed by atoms with Gasteiger partial charge < -0.3 is 5.32 Å². The lowest BCUT2D eigenvalue weighted by molar-refractivity contribution is -0.142.